The highest BCUT2D eigenvalue weighted by atomic mass is 32.1. The van der Waals surface area contributed by atoms with Gasteiger partial charge >= 0.3 is 0 Å². The molecule has 0 atom stereocenters. The average molecular weight is 369 g/mol. The summed E-state index contributed by atoms with van der Waals surface area (Å²) in [6.07, 6.45) is 1.48. The van der Waals surface area contributed by atoms with Crippen molar-refractivity contribution in [1.29, 1.82) is 0 Å². The Balaban J connectivity index is 1.95. The minimum absolute atomic E-state index is 0.00858. The first kappa shape index (κ1) is 18.3. The van der Waals surface area contributed by atoms with Gasteiger partial charge in [0.05, 0.1) is 11.7 Å². The molecule has 1 amide bonds. The van der Waals surface area contributed by atoms with Crippen molar-refractivity contribution >= 4 is 27.5 Å². The Morgan fingerprint density at radius 2 is 1.81 bits per heavy atom. The maximum absolute atomic E-state index is 12.8. The smallest absolute Gasteiger partial charge is 0.262 e. The second-order valence-corrected chi connectivity index (χ2v) is 7.89. The third-order valence-electron chi connectivity index (χ3n) is 4.28. The molecule has 0 fully saturated rings. The number of amides is 1. The molecule has 2 heterocycles. The van der Waals surface area contributed by atoms with Gasteiger partial charge in [-0.15, -0.1) is 11.3 Å². The third-order valence-corrected chi connectivity index (χ3v) is 5.37. The fraction of sp³-hybridized carbons (Fsp3) is 0.350. The van der Waals surface area contributed by atoms with Gasteiger partial charge in [-0.2, -0.15) is 0 Å². The second kappa shape index (κ2) is 7.41. The van der Waals surface area contributed by atoms with Crippen LogP contribution in [0.2, 0.25) is 0 Å². The Labute approximate surface area is 156 Å². The predicted octanol–water partition coefficient (Wildman–Crippen LogP) is 3.77. The number of fused-ring (bicyclic) bond motifs is 1. The fourth-order valence-electron chi connectivity index (χ4n) is 3.22. The lowest BCUT2D eigenvalue weighted by molar-refractivity contribution is -0.135. The van der Waals surface area contributed by atoms with Gasteiger partial charge in [-0.25, -0.2) is 4.98 Å². The molecule has 1 aromatic carbocycles. The van der Waals surface area contributed by atoms with Crippen molar-refractivity contribution in [2.45, 2.75) is 46.3 Å². The predicted molar refractivity (Wildman–Crippen MR) is 106 cm³/mol. The lowest BCUT2D eigenvalue weighted by Crippen LogP contribution is -2.44. The number of carbonyl (C=O) groups is 1. The van der Waals surface area contributed by atoms with Crippen molar-refractivity contribution in [1.82, 2.24) is 14.5 Å². The Kier molecular flexibility index (Phi) is 5.23. The number of carbonyl (C=O) groups excluding carboxylic acids is 1. The minimum atomic E-state index is -0.172. The van der Waals surface area contributed by atoms with Gasteiger partial charge < -0.3 is 4.90 Å². The molecule has 0 N–H and O–H groups in total. The first-order chi connectivity index (χ1) is 12.4. The number of thiophene rings is 1. The summed E-state index contributed by atoms with van der Waals surface area (Å²) in [5.74, 6) is -0.0724. The minimum Gasteiger partial charge on any atom is -0.336 e. The molecule has 0 aliphatic rings. The van der Waals surface area contributed by atoms with Crippen molar-refractivity contribution < 1.29 is 4.79 Å². The molecule has 3 aromatic rings. The second-order valence-electron chi connectivity index (χ2n) is 6.86. The number of aromatic nitrogens is 2. The van der Waals surface area contributed by atoms with Crippen LogP contribution in [0.25, 0.3) is 20.7 Å². The van der Waals surface area contributed by atoms with Crippen LogP contribution in [-0.2, 0) is 11.3 Å². The molecule has 6 heteroatoms. The number of hydrogen-bond donors (Lipinski definition) is 0. The molecule has 2 aromatic heterocycles. The maximum Gasteiger partial charge on any atom is 0.262 e. The van der Waals surface area contributed by atoms with Gasteiger partial charge in [-0.1, -0.05) is 30.3 Å². The molecule has 0 bridgehead atoms. The highest BCUT2D eigenvalue weighted by molar-refractivity contribution is 7.21. The number of benzene rings is 1. The maximum atomic E-state index is 12.8. The summed E-state index contributed by atoms with van der Waals surface area (Å²) in [6.45, 7) is 7.93. The van der Waals surface area contributed by atoms with Crippen molar-refractivity contribution in [3.05, 3.63) is 53.1 Å². The molecule has 0 radical (unpaired) electrons. The molecule has 0 spiro atoms. The molecular weight excluding hydrogens is 346 g/mol. The van der Waals surface area contributed by atoms with Crippen LogP contribution in [0.4, 0.5) is 0 Å². The van der Waals surface area contributed by atoms with Crippen LogP contribution in [-0.4, -0.2) is 32.4 Å². The van der Waals surface area contributed by atoms with E-state index in [0.29, 0.717) is 10.2 Å². The van der Waals surface area contributed by atoms with Gasteiger partial charge in [-0.05, 0) is 39.3 Å². The van der Waals surface area contributed by atoms with Crippen molar-refractivity contribution in [2.75, 3.05) is 0 Å². The molecular formula is C20H23N3O2S. The summed E-state index contributed by atoms with van der Waals surface area (Å²) < 4.78 is 1.41. The number of rotatable bonds is 5. The molecule has 0 aliphatic carbocycles. The van der Waals surface area contributed by atoms with E-state index in [9.17, 15) is 9.59 Å². The van der Waals surface area contributed by atoms with Crippen LogP contribution < -0.4 is 5.56 Å². The molecule has 0 saturated carbocycles. The fourth-order valence-corrected chi connectivity index (χ4v) is 4.21. The summed E-state index contributed by atoms with van der Waals surface area (Å²) in [6, 6.07) is 12.0. The van der Waals surface area contributed by atoms with Crippen molar-refractivity contribution in [2.24, 2.45) is 0 Å². The van der Waals surface area contributed by atoms with E-state index in [1.165, 1.54) is 22.2 Å². The molecule has 136 valence electrons. The summed E-state index contributed by atoms with van der Waals surface area (Å²) >= 11 is 1.49. The zero-order valence-corrected chi connectivity index (χ0v) is 16.3. The van der Waals surface area contributed by atoms with E-state index in [2.05, 4.69) is 4.98 Å². The van der Waals surface area contributed by atoms with Crippen LogP contribution in [0.1, 0.15) is 27.7 Å². The van der Waals surface area contributed by atoms with Crippen LogP contribution in [0.15, 0.2) is 47.5 Å². The highest BCUT2D eigenvalue weighted by Crippen LogP contribution is 2.30. The van der Waals surface area contributed by atoms with E-state index in [1.807, 2.05) is 64.1 Å². The van der Waals surface area contributed by atoms with E-state index in [0.717, 1.165) is 10.4 Å². The first-order valence-electron chi connectivity index (χ1n) is 8.74. The largest absolute Gasteiger partial charge is 0.336 e. The van der Waals surface area contributed by atoms with Gasteiger partial charge in [0.2, 0.25) is 5.91 Å². The van der Waals surface area contributed by atoms with Gasteiger partial charge in [0.15, 0.2) is 0 Å². The Morgan fingerprint density at radius 3 is 2.42 bits per heavy atom. The van der Waals surface area contributed by atoms with Gasteiger partial charge in [0.25, 0.3) is 5.56 Å². The summed E-state index contributed by atoms with van der Waals surface area (Å²) in [7, 11) is 0. The molecule has 0 aliphatic heterocycles. The molecule has 26 heavy (non-hydrogen) atoms. The van der Waals surface area contributed by atoms with E-state index in [1.54, 1.807) is 4.90 Å². The summed E-state index contributed by atoms with van der Waals surface area (Å²) in [5.41, 5.74) is 0.887. The van der Waals surface area contributed by atoms with Crippen LogP contribution >= 0.6 is 11.3 Å². The zero-order chi connectivity index (χ0) is 18.8. The average Bonchev–Trinajstić information content (AvgIpc) is 3.02. The van der Waals surface area contributed by atoms with E-state index in [4.69, 9.17) is 0 Å². The van der Waals surface area contributed by atoms with E-state index >= 15 is 0 Å². The third kappa shape index (κ3) is 3.55. The van der Waals surface area contributed by atoms with Crippen molar-refractivity contribution in [3.8, 4) is 10.4 Å². The normalized spacial score (nSPS) is 11.5. The number of nitrogens with zero attached hydrogens (tertiary/aromatic N) is 3. The van der Waals surface area contributed by atoms with Crippen molar-refractivity contribution in [3.63, 3.8) is 0 Å². The van der Waals surface area contributed by atoms with Crippen LogP contribution in [0, 0.1) is 0 Å². The van der Waals surface area contributed by atoms with E-state index in [-0.39, 0.29) is 30.1 Å². The quantitative estimate of drug-likeness (QED) is 0.688. The Bertz CT molecular complexity index is 966. The highest BCUT2D eigenvalue weighted by Gasteiger charge is 2.21. The van der Waals surface area contributed by atoms with Gasteiger partial charge in [-0.3, -0.25) is 14.2 Å². The molecule has 0 unspecified atom stereocenters. The first-order valence-corrected chi connectivity index (χ1v) is 9.55. The summed E-state index contributed by atoms with van der Waals surface area (Å²) in [4.78, 5) is 33.4. The Hall–Kier alpha value is -2.47. The molecule has 0 saturated heterocycles. The van der Waals surface area contributed by atoms with Crippen LogP contribution in [0.5, 0.6) is 0 Å². The Morgan fingerprint density at radius 1 is 1.15 bits per heavy atom. The standard InChI is InChI=1S/C20H23N3O2S/c1-13(2)23(14(3)4)18(24)11-22-12-21-19-16(20(22)25)10-17(26-19)15-8-6-5-7-9-15/h5-10,12-14H,11H2,1-4H3. The van der Waals surface area contributed by atoms with E-state index < -0.39 is 0 Å². The molecule has 5 nitrogen and oxygen atoms in total. The monoisotopic (exact) mass is 369 g/mol. The SMILES string of the molecule is CC(C)N(C(=O)Cn1cnc2sc(-c3ccccc3)cc2c1=O)C(C)C. The molecule has 3 rings (SSSR count). The van der Waals surface area contributed by atoms with Gasteiger partial charge in [0, 0.05) is 17.0 Å². The van der Waals surface area contributed by atoms with Gasteiger partial charge in [0.1, 0.15) is 11.4 Å². The summed E-state index contributed by atoms with van der Waals surface area (Å²) in [5, 5.41) is 0.560. The topological polar surface area (TPSA) is 55.2 Å². The van der Waals surface area contributed by atoms with Crippen LogP contribution in [0.3, 0.4) is 0 Å². The number of hydrogen-bond acceptors (Lipinski definition) is 4. The zero-order valence-electron chi connectivity index (χ0n) is 15.5. The lowest BCUT2D eigenvalue weighted by Gasteiger charge is -2.30. The lowest BCUT2D eigenvalue weighted by atomic mass is 10.2.